The number of rotatable bonds is 5. The quantitative estimate of drug-likeness (QED) is 0.858. The van der Waals surface area contributed by atoms with Crippen LogP contribution < -0.4 is 5.32 Å². The van der Waals surface area contributed by atoms with E-state index in [1.807, 2.05) is 0 Å². The SMILES string of the molecule is Cc1cc(C)cc(CNC(C)(CO)C2CCCCC2)c1. The van der Waals surface area contributed by atoms with Crippen molar-refractivity contribution in [2.75, 3.05) is 6.61 Å². The Morgan fingerprint density at radius 2 is 1.70 bits per heavy atom. The van der Waals surface area contributed by atoms with E-state index >= 15 is 0 Å². The zero-order valence-electron chi connectivity index (χ0n) is 13.2. The highest BCUT2D eigenvalue weighted by Gasteiger charge is 2.33. The molecule has 1 aromatic carbocycles. The molecule has 1 unspecified atom stereocenters. The molecule has 1 fully saturated rings. The molecule has 1 aromatic rings. The van der Waals surface area contributed by atoms with Crippen molar-refractivity contribution in [1.82, 2.24) is 5.32 Å². The fourth-order valence-corrected chi connectivity index (χ4v) is 3.54. The van der Waals surface area contributed by atoms with Gasteiger partial charge in [-0.3, -0.25) is 0 Å². The monoisotopic (exact) mass is 275 g/mol. The van der Waals surface area contributed by atoms with E-state index in [4.69, 9.17) is 0 Å². The Morgan fingerprint density at radius 1 is 1.10 bits per heavy atom. The summed E-state index contributed by atoms with van der Waals surface area (Å²) in [4.78, 5) is 0. The molecule has 0 spiro atoms. The maximum absolute atomic E-state index is 9.86. The summed E-state index contributed by atoms with van der Waals surface area (Å²) in [6.45, 7) is 7.54. The normalized spacial score (nSPS) is 19.8. The van der Waals surface area contributed by atoms with Gasteiger partial charge in [-0.2, -0.15) is 0 Å². The maximum Gasteiger partial charge on any atom is 0.0613 e. The molecule has 0 radical (unpaired) electrons. The number of aliphatic hydroxyl groups is 1. The van der Waals surface area contributed by atoms with E-state index < -0.39 is 0 Å². The molecule has 1 saturated carbocycles. The first-order valence-electron chi connectivity index (χ1n) is 7.96. The molecule has 2 N–H and O–H groups in total. The summed E-state index contributed by atoms with van der Waals surface area (Å²) in [5, 5.41) is 13.5. The van der Waals surface area contributed by atoms with Crippen LogP contribution in [0.25, 0.3) is 0 Å². The minimum absolute atomic E-state index is 0.141. The lowest BCUT2D eigenvalue weighted by atomic mass is 9.76. The van der Waals surface area contributed by atoms with Crippen LogP contribution in [-0.4, -0.2) is 17.3 Å². The highest BCUT2D eigenvalue weighted by atomic mass is 16.3. The molecule has 20 heavy (non-hydrogen) atoms. The Hall–Kier alpha value is -0.860. The van der Waals surface area contributed by atoms with Crippen molar-refractivity contribution in [1.29, 1.82) is 0 Å². The average molecular weight is 275 g/mol. The average Bonchev–Trinajstić information content (AvgIpc) is 2.45. The summed E-state index contributed by atoms with van der Waals surface area (Å²) >= 11 is 0. The Kier molecular flexibility index (Phi) is 5.22. The van der Waals surface area contributed by atoms with E-state index in [1.165, 1.54) is 48.8 Å². The van der Waals surface area contributed by atoms with Gasteiger partial charge in [-0.05, 0) is 45.1 Å². The molecular weight excluding hydrogens is 246 g/mol. The van der Waals surface area contributed by atoms with Gasteiger partial charge in [0.2, 0.25) is 0 Å². The van der Waals surface area contributed by atoms with Crippen LogP contribution in [0.2, 0.25) is 0 Å². The second kappa shape index (κ2) is 6.73. The van der Waals surface area contributed by atoms with E-state index in [0.717, 1.165) is 6.54 Å². The molecule has 112 valence electrons. The zero-order chi connectivity index (χ0) is 14.6. The third-order valence-corrected chi connectivity index (χ3v) is 4.81. The minimum atomic E-state index is -0.141. The van der Waals surface area contributed by atoms with Crippen molar-refractivity contribution in [3.63, 3.8) is 0 Å². The standard InChI is InChI=1S/C18H29NO/c1-14-9-15(2)11-16(10-14)12-19-18(3,13-20)17-7-5-4-6-8-17/h9-11,17,19-20H,4-8,12-13H2,1-3H3. The molecule has 1 aliphatic carbocycles. The first-order chi connectivity index (χ1) is 9.53. The number of aliphatic hydroxyl groups excluding tert-OH is 1. The highest BCUT2D eigenvalue weighted by Crippen LogP contribution is 2.32. The van der Waals surface area contributed by atoms with Gasteiger partial charge >= 0.3 is 0 Å². The molecule has 2 rings (SSSR count). The van der Waals surface area contributed by atoms with Crippen LogP contribution >= 0.6 is 0 Å². The predicted octanol–water partition coefficient (Wildman–Crippen LogP) is 3.72. The first-order valence-corrected chi connectivity index (χ1v) is 7.96. The van der Waals surface area contributed by atoms with Gasteiger partial charge in [0.05, 0.1) is 6.61 Å². The second-order valence-corrected chi connectivity index (χ2v) is 6.76. The summed E-state index contributed by atoms with van der Waals surface area (Å²) in [7, 11) is 0. The molecule has 0 amide bonds. The van der Waals surface area contributed by atoms with E-state index in [0.29, 0.717) is 5.92 Å². The fraction of sp³-hybridized carbons (Fsp3) is 0.667. The van der Waals surface area contributed by atoms with Crippen molar-refractivity contribution >= 4 is 0 Å². The van der Waals surface area contributed by atoms with E-state index in [9.17, 15) is 5.11 Å². The van der Waals surface area contributed by atoms with Gasteiger partial charge in [0, 0.05) is 12.1 Å². The molecular formula is C18H29NO. The molecule has 0 aromatic heterocycles. The van der Waals surface area contributed by atoms with Crippen molar-refractivity contribution in [3.05, 3.63) is 34.9 Å². The Bertz CT molecular complexity index is 417. The van der Waals surface area contributed by atoms with Crippen LogP contribution in [0, 0.1) is 19.8 Å². The van der Waals surface area contributed by atoms with Gasteiger partial charge in [-0.1, -0.05) is 48.6 Å². The summed E-state index contributed by atoms with van der Waals surface area (Å²) in [5.41, 5.74) is 3.80. The largest absolute Gasteiger partial charge is 0.394 e. The topological polar surface area (TPSA) is 32.3 Å². The predicted molar refractivity (Wildman–Crippen MR) is 84.8 cm³/mol. The van der Waals surface area contributed by atoms with Crippen molar-refractivity contribution in [3.8, 4) is 0 Å². The fourth-order valence-electron chi connectivity index (χ4n) is 3.54. The van der Waals surface area contributed by atoms with Crippen LogP contribution in [0.5, 0.6) is 0 Å². The summed E-state index contributed by atoms with van der Waals surface area (Å²) < 4.78 is 0. The van der Waals surface area contributed by atoms with E-state index in [2.05, 4.69) is 44.3 Å². The number of hydrogen-bond acceptors (Lipinski definition) is 2. The van der Waals surface area contributed by atoms with Gasteiger partial charge in [-0.25, -0.2) is 0 Å². The van der Waals surface area contributed by atoms with Crippen LogP contribution in [-0.2, 0) is 6.54 Å². The lowest BCUT2D eigenvalue weighted by molar-refractivity contribution is 0.0937. The van der Waals surface area contributed by atoms with Crippen LogP contribution in [0.4, 0.5) is 0 Å². The second-order valence-electron chi connectivity index (χ2n) is 6.76. The lowest BCUT2D eigenvalue weighted by Crippen LogP contribution is -2.52. The van der Waals surface area contributed by atoms with Crippen LogP contribution in [0.3, 0.4) is 0 Å². The van der Waals surface area contributed by atoms with Crippen molar-refractivity contribution < 1.29 is 5.11 Å². The van der Waals surface area contributed by atoms with Crippen LogP contribution in [0.1, 0.15) is 55.7 Å². The van der Waals surface area contributed by atoms with Crippen LogP contribution in [0.15, 0.2) is 18.2 Å². The Morgan fingerprint density at radius 3 is 2.25 bits per heavy atom. The maximum atomic E-state index is 9.86. The van der Waals surface area contributed by atoms with Crippen molar-refractivity contribution in [2.24, 2.45) is 5.92 Å². The van der Waals surface area contributed by atoms with Gasteiger partial charge in [0.15, 0.2) is 0 Å². The first kappa shape index (κ1) is 15.5. The molecule has 0 aliphatic heterocycles. The summed E-state index contributed by atoms with van der Waals surface area (Å²) in [5.74, 6) is 0.604. The van der Waals surface area contributed by atoms with E-state index in [-0.39, 0.29) is 12.1 Å². The van der Waals surface area contributed by atoms with Crippen molar-refractivity contribution in [2.45, 2.75) is 65.0 Å². The molecule has 1 aliphatic rings. The molecule has 1 atom stereocenters. The highest BCUT2D eigenvalue weighted by molar-refractivity contribution is 5.28. The summed E-state index contributed by atoms with van der Waals surface area (Å²) in [6, 6.07) is 6.67. The van der Waals surface area contributed by atoms with Gasteiger partial charge in [0.25, 0.3) is 0 Å². The number of benzene rings is 1. The molecule has 2 heteroatoms. The van der Waals surface area contributed by atoms with Gasteiger partial charge < -0.3 is 10.4 Å². The van der Waals surface area contributed by atoms with Gasteiger partial charge in [-0.15, -0.1) is 0 Å². The van der Waals surface area contributed by atoms with Gasteiger partial charge in [0.1, 0.15) is 0 Å². The third kappa shape index (κ3) is 3.83. The van der Waals surface area contributed by atoms with E-state index in [1.54, 1.807) is 0 Å². The summed E-state index contributed by atoms with van der Waals surface area (Å²) in [6.07, 6.45) is 6.47. The molecule has 0 heterocycles. The number of hydrogen-bond donors (Lipinski definition) is 2. The molecule has 0 bridgehead atoms. The zero-order valence-corrected chi connectivity index (χ0v) is 13.2. The third-order valence-electron chi connectivity index (χ3n) is 4.81. The minimum Gasteiger partial charge on any atom is -0.394 e. The number of nitrogens with one attached hydrogen (secondary N) is 1. The molecule has 2 nitrogen and oxygen atoms in total. The Balaban J connectivity index is 2.02. The molecule has 0 saturated heterocycles. The smallest absolute Gasteiger partial charge is 0.0613 e. The number of aryl methyl sites for hydroxylation is 2. The lowest BCUT2D eigenvalue weighted by Gasteiger charge is -2.39. The Labute approximate surface area is 123 Å².